The average molecular weight is 545 g/mol. The zero-order valence-corrected chi connectivity index (χ0v) is 23.1. The molecule has 9 nitrogen and oxygen atoms in total. The summed E-state index contributed by atoms with van der Waals surface area (Å²) in [5.74, 6) is 0.963. The van der Waals surface area contributed by atoms with E-state index >= 15 is 0 Å². The van der Waals surface area contributed by atoms with Gasteiger partial charge in [0.2, 0.25) is 5.95 Å². The molecule has 0 radical (unpaired) electrons. The first-order valence-electron chi connectivity index (χ1n) is 13.7. The molecule has 1 fully saturated rings. The first-order chi connectivity index (χ1) is 20.0. The third-order valence-electron chi connectivity index (χ3n) is 7.32. The van der Waals surface area contributed by atoms with Gasteiger partial charge in [0.15, 0.2) is 0 Å². The van der Waals surface area contributed by atoms with Crippen molar-refractivity contribution in [2.75, 3.05) is 54.1 Å². The van der Waals surface area contributed by atoms with Crippen molar-refractivity contribution < 1.29 is 4.79 Å². The van der Waals surface area contributed by atoms with Crippen molar-refractivity contribution in [3.05, 3.63) is 103 Å². The van der Waals surface area contributed by atoms with Crippen LogP contribution in [0.4, 0.5) is 34.5 Å². The number of hydrogen-bond acceptors (Lipinski definition) is 8. The number of piperazine rings is 1. The van der Waals surface area contributed by atoms with Crippen molar-refractivity contribution in [3.63, 3.8) is 0 Å². The molecule has 0 spiro atoms. The second-order valence-corrected chi connectivity index (χ2v) is 10.2. The van der Waals surface area contributed by atoms with Gasteiger partial charge in [-0.1, -0.05) is 30.3 Å². The molecule has 2 aromatic heterocycles. The molecule has 6 rings (SSSR count). The Kier molecular flexibility index (Phi) is 7.42. The molecule has 41 heavy (non-hydrogen) atoms. The number of amides is 1. The van der Waals surface area contributed by atoms with Crippen LogP contribution in [0.15, 0.2) is 91.4 Å². The van der Waals surface area contributed by atoms with Crippen LogP contribution < -0.4 is 20.9 Å². The molecular weight excluding hydrogens is 512 g/mol. The summed E-state index contributed by atoms with van der Waals surface area (Å²) in [5.41, 5.74) is 4.82. The highest BCUT2D eigenvalue weighted by Crippen LogP contribution is 2.26. The van der Waals surface area contributed by atoms with Crippen molar-refractivity contribution in [2.24, 2.45) is 0 Å². The number of aryl methyl sites for hydroxylation is 1. The molecule has 3 aromatic carbocycles. The largest absolute Gasteiger partial charge is 0.369 e. The molecule has 9 heteroatoms. The Hall–Kier alpha value is -5.02. The van der Waals surface area contributed by atoms with Crippen LogP contribution in [0.1, 0.15) is 15.9 Å². The van der Waals surface area contributed by atoms with E-state index in [1.54, 1.807) is 18.6 Å². The molecule has 5 aromatic rings. The number of likely N-dealkylation sites (N-methyl/N-ethyl adjacent to an activating group) is 1. The number of hydrogen-bond donors (Lipinski definition) is 3. The number of pyridine rings is 1. The van der Waals surface area contributed by atoms with E-state index in [-0.39, 0.29) is 5.91 Å². The number of nitrogens with one attached hydrogen (secondary N) is 3. The molecule has 0 aliphatic carbocycles. The number of anilines is 6. The van der Waals surface area contributed by atoms with Crippen LogP contribution in [-0.2, 0) is 0 Å². The Labute approximate surface area is 239 Å². The molecule has 0 saturated carbocycles. The van der Waals surface area contributed by atoms with E-state index in [0.717, 1.165) is 59.7 Å². The number of benzene rings is 3. The lowest BCUT2D eigenvalue weighted by Gasteiger charge is -2.34. The van der Waals surface area contributed by atoms with Gasteiger partial charge >= 0.3 is 0 Å². The molecule has 0 bridgehead atoms. The second-order valence-electron chi connectivity index (χ2n) is 10.2. The third-order valence-corrected chi connectivity index (χ3v) is 7.32. The second kappa shape index (κ2) is 11.6. The van der Waals surface area contributed by atoms with Gasteiger partial charge in [0.25, 0.3) is 5.91 Å². The minimum Gasteiger partial charge on any atom is -0.369 e. The first kappa shape index (κ1) is 26.2. The highest BCUT2D eigenvalue weighted by Gasteiger charge is 2.15. The van der Waals surface area contributed by atoms with Crippen LogP contribution in [-0.4, -0.2) is 59.0 Å². The Bertz CT molecular complexity index is 1660. The summed E-state index contributed by atoms with van der Waals surface area (Å²) in [5, 5.41) is 11.6. The van der Waals surface area contributed by atoms with Gasteiger partial charge in [-0.3, -0.25) is 4.79 Å². The van der Waals surface area contributed by atoms with E-state index < -0.39 is 0 Å². The predicted octanol–water partition coefficient (Wildman–Crippen LogP) is 5.82. The number of nitrogens with zero attached hydrogens (tertiary/aromatic N) is 5. The highest BCUT2D eigenvalue weighted by atomic mass is 16.1. The van der Waals surface area contributed by atoms with Crippen molar-refractivity contribution in [1.29, 1.82) is 0 Å². The van der Waals surface area contributed by atoms with Gasteiger partial charge in [0, 0.05) is 60.4 Å². The number of carbonyl (C=O) groups excluding carboxylic acids is 1. The fourth-order valence-corrected chi connectivity index (χ4v) is 4.91. The molecular formula is C32H32N8O. The average Bonchev–Trinajstić information content (AvgIpc) is 3.00. The zero-order valence-electron chi connectivity index (χ0n) is 23.1. The molecule has 0 atom stereocenters. The van der Waals surface area contributed by atoms with E-state index in [1.807, 2.05) is 67.6 Å². The zero-order chi connectivity index (χ0) is 28.2. The Balaban J connectivity index is 1.09. The lowest BCUT2D eigenvalue weighted by molar-refractivity contribution is 0.102. The van der Waals surface area contributed by atoms with Crippen LogP contribution in [0.3, 0.4) is 0 Å². The maximum atomic E-state index is 13.2. The van der Waals surface area contributed by atoms with Crippen molar-refractivity contribution in [2.45, 2.75) is 6.92 Å². The van der Waals surface area contributed by atoms with E-state index in [4.69, 9.17) is 0 Å². The fraction of sp³-hybridized carbons (Fsp3) is 0.188. The molecule has 1 aliphatic heterocycles. The van der Waals surface area contributed by atoms with Crippen molar-refractivity contribution in [1.82, 2.24) is 19.9 Å². The van der Waals surface area contributed by atoms with Gasteiger partial charge in [-0.15, -0.1) is 0 Å². The third kappa shape index (κ3) is 6.10. The minimum atomic E-state index is -0.235. The van der Waals surface area contributed by atoms with Crippen molar-refractivity contribution in [3.8, 4) is 0 Å². The van der Waals surface area contributed by atoms with E-state index in [1.165, 1.54) is 5.69 Å². The van der Waals surface area contributed by atoms with Crippen LogP contribution in [0.2, 0.25) is 0 Å². The number of aromatic nitrogens is 3. The standard InChI is InChI=1S/C32H32N8O/c1-22-7-8-25(36-30-28-6-4-3-5-23(28)13-14-33-30)19-29(22)31(41)37-26-20-34-32(35-21-26)38-24-9-11-27(12-10-24)40-17-15-39(2)16-18-40/h3-14,19-21H,15-18H2,1-2H3,(H,33,36)(H,37,41)(H,34,35,38). The molecule has 3 N–H and O–H groups in total. The SMILES string of the molecule is Cc1ccc(Nc2nccc3ccccc23)cc1C(=O)Nc1cnc(Nc2ccc(N3CCN(C)CC3)cc2)nc1. The first-order valence-corrected chi connectivity index (χ1v) is 13.7. The van der Waals surface area contributed by atoms with Gasteiger partial charge < -0.3 is 25.8 Å². The van der Waals surface area contributed by atoms with E-state index in [9.17, 15) is 4.79 Å². The molecule has 1 saturated heterocycles. The van der Waals surface area contributed by atoms with Crippen LogP contribution in [0.25, 0.3) is 10.8 Å². The van der Waals surface area contributed by atoms with Crippen molar-refractivity contribution >= 4 is 51.2 Å². The normalized spacial score (nSPS) is 13.7. The van der Waals surface area contributed by atoms with E-state index in [2.05, 4.69) is 59.9 Å². The molecule has 1 aliphatic rings. The fourth-order valence-electron chi connectivity index (χ4n) is 4.91. The lowest BCUT2D eigenvalue weighted by Crippen LogP contribution is -2.44. The maximum Gasteiger partial charge on any atom is 0.256 e. The van der Waals surface area contributed by atoms with Crippen LogP contribution >= 0.6 is 0 Å². The number of carbonyl (C=O) groups is 1. The Morgan fingerprint density at radius 2 is 1.51 bits per heavy atom. The maximum absolute atomic E-state index is 13.2. The summed E-state index contributed by atoms with van der Waals surface area (Å²) in [6.07, 6.45) is 4.97. The van der Waals surface area contributed by atoms with Gasteiger partial charge in [-0.25, -0.2) is 15.0 Å². The summed E-state index contributed by atoms with van der Waals surface area (Å²) < 4.78 is 0. The quantitative estimate of drug-likeness (QED) is 0.236. The molecule has 0 unspecified atom stereocenters. The topological polar surface area (TPSA) is 98.3 Å². The number of rotatable bonds is 7. The summed E-state index contributed by atoms with van der Waals surface area (Å²) in [6, 6.07) is 24.0. The smallest absolute Gasteiger partial charge is 0.256 e. The lowest BCUT2D eigenvalue weighted by atomic mass is 10.1. The summed E-state index contributed by atoms with van der Waals surface area (Å²) in [6.45, 7) is 6.11. The Morgan fingerprint density at radius 3 is 2.29 bits per heavy atom. The summed E-state index contributed by atoms with van der Waals surface area (Å²) in [7, 11) is 2.16. The predicted molar refractivity (Wildman–Crippen MR) is 166 cm³/mol. The van der Waals surface area contributed by atoms with Crippen LogP contribution in [0, 0.1) is 6.92 Å². The summed E-state index contributed by atoms with van der Waals surface area (Å²) in [4.78, 5) is 31.2. The monoisotopic (exact) mass is 544 g/mol. The van der Waals surface area contributed by atoms with Gasteiger partial charge in [0.05, 0.1) is 18.1 Å². The van der Waals surface area contributed by atoms with Gasteiger partial charge in [-0.05, 0) is 67.4 Å². The summed E-state index contributed by atoms with van der Waals surface area (Å²) >= 11 is 0. The van der Waals surface area contributed by atoms with Gasteiger partial charge in [-0.2, -0.15) is 0 Å². The van der Waals surface area contributed by atoms with E-state index in [0.29, 0.717) is 17.2 Å². The molecule has 206 valence electrons. The minimum absolute atomic E-state index is 0.235. The highest BCUT2D eigenvalue weighted by molar-refractivity contribution is 6.06. The molecule has 3 heterocycles. The number of fused-ring (bicyclic) bond motifs is 1. The molecule has 1 amide bonds. The Morgan fingerprint density at radius 1 is 0.780 bits per heavy atom. The van der Waals surface area contributed by atoms with Crippen LogP contribution in [0.5, 0.6) is 0 Å². The van der Waals surface area contributed by atoms with Gasteiger partial charge in [0.1, 0.15) is 5.82 Å².